The van der Waals surface area contributed by atoms with Gasteiger partial charge in [-0.05, 0) is 112 Å². The molecule has 1 saturated carbocycles. The van der Waals surface area contributed by atoms with Crippen LogP contribution in [0.1, 0.15) is 143 Å². The van der Waals surface area contributed by atoms with Crippen molar-refractivity contribution in [2.45, 2.75) is 123 Å². The number of methoxy groups -OCH3 is 1. The Balaban J connectivity index is 0.000000445. The molecule has 1 aliphatic heterocycles. The average molecular weight is 971 g/mol. The van der Waals surface area contributed by atoms with Crippen LogP contribution in [0.15, 0.2) is 108 Å². The number of alkyl carbamates (subject to hydrolysis) is 1. The third kappa shape index (κ3) is 14.6. The van der Waals surface area contributed by atoms with Crippen molar-refractivity contribution < 1.29 is 64.9 Å². The molecule has 2 atom stereocenters. The SMILES string of the molecule is C.C.CC(C)(C)OC(=O)NC(C(=O)O)c1ccc(C(F)(F)F)cc1.CC[C@H](c1ccc(C(=O)NCCC(=O)OC)cc1)N1C(=O)C(c2ccc(C(F)(F)F)cc2)=NC12CCC(c1ccccc1)CC2. The standard InChI is InChI=1S/C35H36F3N3O4.C14H16F3NO4.2CH4/c1-3-29(25-9-11-27(12-10-25)32(43)39-22-19-30(42)45-2)41-33(44)31(26-13-15-28(16-14-26)35(36,37)38)40-34(41)20-17-24(18-21-34)23-7-5-4-6-8-23;1-13(2,3)22-12(21)18-10(11(19)20)8-4-6-9(7-5-8)14(15,16)17;;/h4-16,24,29H,3,17-22H2,1-2H3,(H,39,43);4-7,10H,1-3H3,(H,18,21)(H,19,20);2*1H4/t24?,29-,34?;;;/m1.../s1. The fourth-order valence-corrected chi connectivity index (χ4v) is 8.02. The molecule has 2 aliphatic rings. The molecule has 69 heavy (non-hydrogen) atoms. The lowest BCUT2D eigenvalue weighted by Crippen LogP contribution is -2.50. The summed E-state index contributed by atoms with van der Waals surface area (Å²) in [4.78, 5) is 67.9. The predicted molar refractivity (Wildman–Crippen MR) is 248 cm³/mol. The summed E-state index contributed by atoms with van der Waals surface area (Å²) in [5.74, 6) is -2.16. The molecule has 4 aromatic carbocycles. The number of amides is 3. The van der Waals surface area contributed by atoms with Crippen molar-refractivity contribution in [3.05, 3.63) is 142 Å². The summed E-state index contributed by atoms with van der Waals surface area (Å²) in [6.45, 7) is 6.91. The first-order valence-electron chi connectivity index (χ1n) is 21.5. The summed E-state index contributed by atoms with van der Waals surface area (Å²) in [5, 5.41) is 13.9. The molecule has 12 nitrogen and oxygen atoms in total. The van der Waals surface area contributed by atoms with Crippen molar-refractivity contribution in [2.75, 3.05) is 13.7 Å². The Labute approximate surface area is 398 Å². The van der Waals surface area contributed by atoms with Gasteiger partial charge in [0.05, 0.1) is 30.7 Å². The third-order valence-corrected chi connectivity index (χ3v) is 11.3. The van der Waals surface area contributed by atoms with Crippen LogP contribution in [0, 0.1) is 0 Å². The number of nitrogens with one attached hydrogen (secondary N) is 2. The number of carboxylic acid groups (broad SMARTS) is 1. The highest BCUT2D eigenvalue weighted by atomic mass is 19.4. The van der Waals surface area contributed by atoms with Crippen molar-refractivity contribution in [3.63, 3.8) is 0 Å². The second-order valence-corrected chi connectivity index (χ2v) is 17.0. The molecule has 0 aromatic heterocycles. The van der Waals surface area contributed by atoms with Gasteiger partial charge in [-0.3, -0.25) is 19.4 Å². The van der Waals surface area contributed by atoms with E-state index in [9.17, 15) is 50.3 Å². The topological polar surface area (TPSA) is 164 Å². The van der Waals surface area contributed by atoms with Gasteiger partial charge in [-0.25, -0.2) is 9.59 Å². The van der Waals surface area contributed by atoms with Crippen molar-refractivity contribution in [3.8, 4) is 0 Å². The molecule has 1 spiro atoms. The highest BCUT2D eigenvalue weighted by molar-refractivity contribution is 6.46. The molecule has 1 aliphatic carbocycles. The molecule has 3 N–H and O–H groups in total. The van der Waals surface area contributed by atoms with Crippen LogP contribution in [0.4, 0.5) is 31.1 Å². The van der Waals surface area contributed by atoms with E-state index < -0.39 is 58.8 Å². The number of carbonyl (C=O) groups excluding carboxylic acids is 4. The van der Waals surface area contributed by atoms with Crippen LogP contribution in [-0.2, 0) is 36.2 Å². The van der Waals surface area contributed by atoms with Gasteiger partial charge in [-0.2, -0.15) is 26.3 Å². The molecule has 0 bridgehead atoms. The summed E-state index contributed by atoms with van der Waals surface area (Å²) in [6.07, 6.45) is -6.52. The monoisotopic (exact) mass is 970 g/mol. The van der Waals surface area contributed by atoms with Crippen molar-refractivity contribution in [1.82, 2.24) is 15.5 Å². The Hall–Kier alpha value is -6.72. The summed E-state index contributed by atoms with van der Waals surface area (Å²) in [7, 11) is 1.29. The Morgan fingerprint density at radius 1 is 0.797 bits per heavy atom. The molecular formula is C51H60F6N4O8. The van der Waals surface area contributed by atoms with E-state index >= 15 is 0 Å². The third-order valence-electron chi connectivity index (χ3n) is 11.3. The molecule has 4 aromatic rings. The van der Waals surface area contributed by atoms with Gasteiger partial charge in [0.2, 0.25) is 0 Å². The highest BCUT2D eigenvalue weighted by Crippen LogP contribution is 2.48. The zero-order valence-corrected chi connectivity index (χ0v) is 37.5. The van der Waals surface area contributed by atoms with Crippen molar-refractivity contribution in [1.29, 1.82) is 0 Å². The van der Waals surface area contributed by atoms with E-state index in [4.69, 9.17) is 14.8 Å². The normalized spacial score (nSPS) is 17.7. The largest absolute Gasteiger partial charge is 0.479 e. The van der Waals surface area contributed by atoms with Crippen LogP contribution < -0.4 is 10.6 Å². The molecular weight excluding hydrogens is 911 g/mol. The molecule has 374 valence electrons. The fraction of sp³-hybridized carbons (Fsp3) is 0.412. The lowest BCUT2D eigenvalue weighted by Gasteiger charge is -2.45. The Morgan fingerprint density at radius 3 is 1.80 bits per heavy atom. The maximum Gasteiger partial charge on any atom is 0.416 e. The molecule has 0 radical (unpaired) electrons. The van der Waals surface area contributed by atoms with E-state index in [1.807, 2.05) is 42.2 Å². The summed E-state index contributed by atoms with van der Waals surface area (Å²) >= 11 is 0. The fourth-order valence-electron chi connectivity index (χ4n) is 8.02. The molecule has 6 rings (SSSR count). The van der Waals surface area contributed by atoms with E-state index in [2.05, 4.69) is 27.5 Å². The van der Waals surface area contributed by atoms with E-state index in [1.54, 1.807) is 32.9 Å². The maximum atomic E-state index is 14.2. The zero-order valence-electron chi connectivity index (χ0n) is 37.5. The van der Waals surface area contributed by atoms with Gasteiger partial charge in [-0.1, -0.05) is 88.5 Å². The van der Waals surface area contributed by atoms with Crippen molar-refractivity contribution in [2.24, 2.45) is 4.99 Å². The van der Waals surface area contributed by atoms with Gasteiger partial charge in [0, 0.05) is 17.7 Å². The Morgan fingerprint density at radius 2 is 1.32 bits per heavy atom. The number of carboxylic acids is 1. The molecule has 0 saturated heterocycles. The summed E-state index contributed by atoms with van der Waals surface area (Å²) in [5.41, 5.74) is -0.356. The lowest BCUT2D eigenvalue weighted by atomic mass is 9.77. The van der Waals surface area contributed by atoms with E-state index in [0.29, 0.717) is 36.3 Å². The molecule has 1 unspecified atom stereocenters. The quantitative estimate of drug-likeness (QED) is 0.0933. The first-order valence-corrected chi connectivity index (χ1v) is 21.5. The predicted octanol–water partition coefficient (Wildman–Crippen LogP) is 11.5. The number of rotatable bonds is 12. The Bertz CT molecular complexity index is 2390. The number of hydrogen-bond donors (Lipinski definition) is 3. The second kappa shape index (κ2) is 23.5. The minimum atomic E-state index is -4.52. The van der Waals surface area contributed by atoms with E-state index in [-0.39, 0.29) is 57.0 Å². The number of ether oxygens (including phenoxy) is 2. The minimum Gasteiger partial charge on any atom is -0.479 e. The van der Waals surface area contributed by atoms with Gasteiger partial charge in [0.15, 0.2) is 6.04 Å². The number of benzene rings is 4. The van der Waals surface area contributed by atoms with Gasteiger partial charge in [-0.15, -0.1) is 0 Å². The molecule has 3 amide bonds. The first kappa shape index (κ1) is 56.6. The Kier molecular flexibility index (Phi) is 19.3. The molecule has 1 heterocycles. The number of aliphatic imine (C=N–C) groups is 1. The zero-order chi connectivity index (χ0) is 49.3. The number of nitrogens with zero attached hydrogens (tertiary/aromatic N) is 2. The van der Waals surface area contributed by atoms with Crippen LogP contribution in [-0.4, -0.2) is 70.5 Å². The van der Waals surface area contributed by atoms with Gasteiger partial charge in [0.1, 0.15) is 17.0 Å². The van der Waals surface area contributed by atoms with E-state index in [1.165, 1.54) is 24.8 Å². The number of carbonyl (C=O) groups is 5. The number of hydrogen-bond acceptors (Lipinski definition) is 8. The number of halogens is 6. The van der Waals surface area contributed by atoms with Gasteiger partial charge >= 0.3 is 30.4 Å². The minimum absolute atomic E-state index is 0. The lowest BCUT2D eigenvalue weighted by molar-refractivity contribution is -0.141. The van der Waals surface area contributed by atoms with Crippen LogP contribution in [0.2, 0.25) is 0 Å². The number of esters is 1. The van der Waals surface area contributed by atoms with E-state index in [0.717, 1.165) is 54.8 Å². The first-order chi connectivity index (χ1) is 31.5. The van der Waals surface area contributed by atoms with Crippen molar-refractivity contribution >= 4 is 35.6 Å². The number of alkyl halides is 6. The van der Waals surface area contributed by atoms with Gasteiger partial charge < -0.3 is 30.1 Å². The highest BCUT2D eigenvalue weighted by Gasteiger charge is 2.52. The van der Waals surface area contributed by atoms with Crippen LogP contribution in [0.5, 0.6) is 0 Å². The summed E-state index contributed by atoms with van der Waals surface area (Å²) < 4.78 is 86.8. The van der Waals surface area contributed by atoms with Crippen LogP contribution in [0.25, 0.3) is 0 Å². The maximum absolute atomic E-state index is 14.2. The molecule has 1 fully saturated rings. The second-order valence-electron chi connectivity index (χ2n) is 17.0. The van der Waals surface area contributed by atoms with Gasteiger partial charge in [0.25, 0.3) is 11.8 Å². The number of aliphatic carboxylic acids is 1. The van der Waals surface area contributed by atoms with Crippen LogP contribution >= 0.6 is 0 Å². The smallest absolute Gasteiger partial charge is 0.416 e. The molecule has 18 heteroatoms. The average Bonchev–Trinajstić information content (AvgIpc) is 3.55. The summed E-state index contributed by atoms with van der Waals surface area (Å²) in [6, 6.07) is 23.5. The van der Waals surface area contributed by atoms with Crippen LogP contribution in [0.3, 0.4) is 0 Å².